The van der Waals surface area contributed by atoms with Gasteiger partial charge < -0.3 is 10.1 Å². The van der Waals surface area contributed by atoms with Gasteiger partial charge in [0.25, 0.3) is 0 Å². The summed E-state index contributed by atoms with van der Waals surface area (Å²) in [4.78, 5) is 28.3. The van der Waals surface area contributed by atoms with Crippen molar-refractivity contribution >= 4 is 23.0 Å². The Hall–Kier alpha value is -5.39. The van der Waals surface area contributed by atoms with Crippen LogP contribution in [0.25, 0.3) is 11.1 Å². The molecule has 0 spiro atoms. The van der Waals surface area contributed by atoms with Crippen LogP contribution in [0.2, 0.25) is 0 Å². The van der Waals surface area contributed by atoms with E-state index in [-0.39, 0.29) is 17.6 Å². The fraction of sp³-hybridized carbons (Fsp3) is 0.116. The summed E-state index contributed by atoms with van der Waals surface area (Å²) in [5.74, 6) is -0.0808. The van der Waals surface area contributed by atoms with Crippen molar-refractivity contribution in [2.24, 2.45) is 0 Å². The van der Waals surface area contributed by atoms with E-state index in [0.717, 1.165) is 44.5 Å². The molecule has 0 unspecified atom stereocenters. The maximum Gasteiger partial charge on any atom is 0.407 e. The number of ether oxygens (including phenoxy) is 1. The lowest BCUT2D eigenvalue weighted by Crippen LogP contribution is -2.43. The Morgan fingerprint density at radius 2 is 1.00 bits per heavy atom. The average molecular weight is 646 g/mol. The first-order valence-electron chi connectivity index (χ1n) is 16.2. The SMILES string of the molecule is O=C(N[C@@H](Cc1ccccc1)C(=O)SC(c1ccccc1)(c1ccccc1)c1ccccc1)OCC1c2ccccc2-c2ccccc21. The molecule has 0 heterocycles. The lowest BCUT2D eigenvalue weighted by Gasteiger charge is -2.35. The van der Waals surface area contributed by atoms with Crippen LogP contribution >= 0.6 is 11.8 Å². The highest BCUT2D eigenvalue weighted by Crippen LogP contribution is 2.49. The van der Waals surface area contributed by atoms with Gasteiger partial charge in [0, 0.05) is 12.3 Å². The number of benzene rings is 6. The lowest BCUT2D eigenvalue weighted by molar-refractivity contribution is -0.112. The van der Waals surface area contributed by atoms with Gasteiger partial charge in [-0.15, -0.1) is 0 Å². The molecule has 0 saturated carbocycles. The van der Waals surface area contributed by atoms with Gasteiger partial charge >= 0.3 is 6.09 Å². The monoisotopic (exact) mass is 645 g/mol. The zero-order valence-corrected chi connectivity index (χ0v) is 27.2. The van der Waals surface area contributed by atoms with Crippen LogP contribution in [0.3, 0.4) is 0 Å². The summed E-state index contributed by atoms with van der Waals surface area (Å²) in [5.41, 5.74) is 8.46. The van der Waals surface area contributed by atoms with Gasteiger partial charge in [0.2, 0.25) is 5.12 Å². The molecule has 1 atom stereocenters. The fourth-order valence-electron chi connectivity index (χ4n) is 6.74. The van der Waals surface area contributed by atoms with E-state index in [1.54, 1.807) is 0 Å². The standard InChI is InChI=1S/C43H35NO3S/c45-41(48-43(32-19-7-2-8-20-32,33-21-9-3-10-22-33)34-23-11-4-12-24-34)40(29-31-17-5-1-6-18-31)44-42(46)47-30-39-37-27-15-13-25-35(37)36-26-14-16-28-38(36)39/h1-28,39-40H,29-30H2,(H,44,46)/t40-/m0/s1. The van der Waals surface area contributed by atoms with E-state index in [1.165, 1.54) is 11.8 Å². The maximum atomic E-state index is 14.7. The highest BCUT2D eigenvalue weighted by molar-refractivity contribution is 8.14. The van der Waals surface area contributed by atoms with Crippen LogP contribution in [0.4, 0.5) is 4.79 Å². The van der Waals surface area contributed by atoms with E-state index in [2.05, 4.69) is 66.0 Å². The molecule has 1 aliphatic carbocycles. The summed E-state index contributed by atoms with van der Waals surface area (Å²) >= 11 is 1.24. The maximum absolute atomic E-state index is 14.7. The predicted octanol–water partition coefficient (Wildman–Crippen LogP) is 9.39. The number of thioether (sulfide) groups is 1. The molecule has 7 rings (SSSR count). The number of alkyl carbamates (subject to hydrolysis) is 1. The first-order valence-corrected chi connectivity index (χ1v) is 17.0. The van der Waals surface area contributed by atoms with Gasteiger partial charge in [0.05, 0.1) is 4.75 Å². The molecule has 6 aromatic carbocycles. The molecule has 236 valence electrons. The van der Waals surface area contributed by atoms with E-state index in [4.69, 9.17) is 4.74 Å². The number of carbonyl (C=O) groups excluding carboxylic acids is 2. The molecule has 4 nitrogen and oxygen atoms in total. The van der Waals surface area contributed by atoms with Crippen LogP contribution in [0.5, 0.6) is 0 Å². The Balaban J connectivity index is 1.20. The number of nitrogens with one attached hydrogen (secondary N) is 1. The van der Waals surface area contributed by atoms with Crippen molar-refractivity contribution in [1.29, 1.82) is 0 Å². The van der Waals surface area contributed by atoms with Crippen molar-refractivity contribution in [2.45, 2.75) is 23.1 Å². The van der Waals surface area contributed by atoms with Crippen LogP contribution in [0, 0.1) is 0 Å². The van der Waals surface area contributed by atoms with E-state index in [0.29, 0.717) is 6.42 Å². The van der Waals surface area contributed by atoms with E-state index in [1.807, 2.05) is 109 Å². The number of hydrogen-bond donors (Lipinski definition) is 1. The molecular formula is C43H35NO3S. The Labute approximate surface area is 285 Å². The van der Waals surface area contributed by atoms with Gasteiger partial charge in [-0.25, -0.2) is 4.79 Å². The van der Waals surface area contributed by atoms with Gasteiger partial charge in [0.1, 0.15) is 12.6 Å². The van der Waals surface area contributed by atoms with E-state index in [9.17, 15) is 9.59 Å². The van der Waals surface area contributed by atoms with Crippen molar-refractivity contribution in [1.82, 2.24) is 5.32 Å². The second kappa shape index (κ2) is 14.2. The molecule has 0 aliphatic heterocycles. The van der Waals surface area contributed by atoms with Gasteiger partial charge in [0.15, 0.2) is 0 Å². The molecule has 0 bridgehead atoms. The molecule has 5 heteroatoms. The molecule has 0 aromatic heterocycles. The van der Waals surface area contributed by atoms with Gasteiger partial charge in [-0.2, -0.15) is 0 Å². The summed E-state index contributed by atoms with van der Waals surface area (Å²) < 4.78 is 5.07. The first-order chi connectivity index (χ1) is 23.6. The number of hydrogen-bond acceptors (Lipinski definition) is 4. The Kier molecular flexibility index (Phi) is 9.21. The molecule has 0 fully saturated rings. The lowest BCUT2D eigenvalue weighted by atomic mass is 9.84. The molecule has 1 amide bonds. The minimum atomic E-state index is -0.862. The van der Waals surface area contributed by atoms with Crippen molar-refractivity contribution < 1.29 is 14.3 Å². The molecule has 6 aromatic rings. The Morgan fingerprint density at radius 1 is 0.583 bits per heavy atom. The minimum absolute atomic E-state index is 0.0808. The topological polar surface area (TPSA) is 55.4 Å². The van der Waals surface area contributed by atoms with E-state index >= 15 is 0 Å². The third-order valence-corrected chi connectivity index (χ3v) is 10.5. The second-order valence-corrected chi connectivity index (χ2v) is 13.1. The quantitative estimate of drug-likeness (QED) is 0.151. The van der Waals surface area contributed by atoms with Crippen LogP contribution < -0.4 is 5.32 Å². The third-order valence-electron chi connectivity index (χ3n) is 9.00. The number of amides is 1. The number of rotatable bonds is 10. The third kappa shape index (κ3) is 6.29. The molecule has 48 heavy (non-hydrogen) atoms. The van der Waals surface area contributed by atoms with Crippen molar-refractivity contribution in [2.75, 3.05) is 6.61 Å². The molecule has 0 saturated heterocycles. The van der Waals surface area contributed by atoms with Crippen LogP contribution in [0.1, 0.15) is 39.3 Å². The zero-order valence-electron chi connectivity index (χ0n) is 26.4. The first kappa shape index (κ1) is 31.2. The minimum Gasteiger partial charge on any atom is -0.449 e. The van der Waals surface area contributed by atoms with Crippen molar-refractivity contribution in [3.63, 3.8) is 0 Å². The zero-order chi connectivity index (χ0) is 32.8. The summed E-state index contributed by atoms with van der Waals surface area (Å²) in [5, 5.41) is 2.82. The van der Waals surface area contributed by atoms with E-state index < -0.39 is 16.9 Å². The smallest absolute Gasteiger partial charge is 0.407 e. The fourth-order valence-corrected chi connectivity index (χ4v) is 8.09. The molecular weight excluding hydrogens is 611 g/mol. The molecule has 0 radical (unpaired) electrons. The van der Waals surface area contributed by atoms with Crippen LogP contribution in [0.15, 0.2) is 170 Å². The molecule has 1 N–H and O–H groups in total. The van der Waals surface area contributed by atoms with Gasteiger partial charge in [-0.1, -0.05) is 182 Å². The summed E-state index contributed by atoms with van der Waals surface area (Å²) in [7, 11) is 0. The Morgan fingerprint density at radius 3 is 1.48 bits per heavy atom. The highest BCUT2D eigenvalue weighted by Gasteiger charge is 2.41. The number of fused-ring (bicyclic) bond motifs is 3. The largest absolute Gasteiger partial charge is 0.449 e. The normalized spacial score (nSPS) is 12.8. The summed E-state index contributed by atoms with van der Waals surface area (Å²) in [6.07, 6.45) is -0.290. The van der Waals surface area contributed by atoms with Crippen LogP contribution in [-0.2, 0) is 20.7 Å². The van der Waals surface area contributed by atoms with Gasteiger partial charge in [-0.3, -0.25) is 4.79 Å². The number of carbonyl (C=O) groups is 2. The average Bonchev–Trinajstić information content (AvgIpc) is 3.47. The Bertz CT molecular complexity index is 1860. The summed E-state index contributed by atoms with van der Waals surface area (Å²) in [6, 6.07) is 55.7. The highest BCUT2D eigenvalue weighted by atomic mass is 32.2. The van der Waals surface area contributed by atoms with Crippen LogP contribution in [-0.4, -0.2) is 23.9 Å². The predicted molar refractivity (Wildman–Crippen MR) is 194 cm³/mol. The van der Waals surface area contributed by atoms with Crippen molar-refractivity contribution in [3.05, 3.63) is 203 Å². The molecule has 1 aliphatic rings. The summed E-state index contributed by atoms with van der Waals surface area (Å²) in [6.45, 7) is 0.168. The second-order valence-electron chi connectivity index (χ2n) is 11.9. The van der Waals surface area contributed by atoms with Crippen molar-refractivity contribution in [3.8, 4) is 11.1 Å². The van der Waals surface area contributed by atoms with Gasteiger partial charge in [-0.05, 0) is 44.5 Å².